The summed E-state index contributed by atoms with van der Waals surface area (Å²) >= 11 is 0. The summed E-state index contributed by atoms with van der Waals surface area (Å²) in [6.45, 7) is 18.8. The number of fused-ring (bicyclic) bond motifs is 2. The van der Waals surface area contributed by atoms with Gasteiger partial charge in [0.2, 0.25) is 0 Å². The van der Waals surface area contributed by atoms with Crippen LogP contribution < -0.4 is 10.6 Å². The van der Waals surface area contributed by atoms with Crippen molar-refractivity contribution in [1.29, 1.82) is 0 Å². The average Bonchev–Trinajstić information content (AvgIpc) is 3.73. The van der Waals surface area contributed by atoms with Crippen LogP contribution in [0.15, 0.2) is 133 Å². The number of rotatable bonds is 13. The van der Waals surface area contributed by atoms with E-state index in [1.54, 1.807) is 10.6 Å². The van der Waals surface area contributed by atoms with Crippen LogP contribution in [0.25, 0.3) is 21.5 Å². The van der Waals surface area contributed by atoms with Gasteiger partial charge in [-0.05, 0) is 72.3 Å². The molecule has 0 nitrogen and oxygen atoms in total. The van der Waals surface area contributed by atoms with Gasteiger partial charge < -0.3 is 0 Å². The summed E-state index contributed by atoms with van der Waals surface area (Å²) in [7, 11) is 0.0370. The molecule has 3 heteroatoms. The third kappa shape index (κ3) is 15.4. The predicted octanol–water partition coefficient (Wildman–Crippen LogP) is 13.4. The molecular weight excluding hydrogens is 817 g/mol. The molecule has 0 N–H and O–H groups in total. The molecule has 0 fully saturated rings. The quantitative estimate of drug-likeness (QED) is 0.0616. The molecule has 0 atom stereocenters. The molecule has 270 valence electrons. The van der Waals surface area contributed by atoms with Gasteiger partial charge in [0.15, 0.2) is 0 Å². The fourth-order valence-corrected chi connectivity index (χ4v) is 12.5. The predicted molar refractivity (Wildman–Crippen MR) is 231 cm³/mol. The first-order chi connectivity index (χ1) is 24.1. The van der Waals surface area contributed by atoms with E-state index in [2.05, 4.69) is 189 Å². The summed E-state index contributed by atoms with van der Waals surface area (Å²) in [4.78, 5) is 0. The summed E-state index contributed by atoms with van der Waals surface area (Å²) in [5, 5.41) is 8.85. The van der Waals surface area contributed by atoms with Gasteiger partial charge in [-0.25, -0.2) is 0 Å². The zero-order valence-corrected chi connectivity index (χ0v) is 38.0. The van der Waals surface area contributed by atoms with Gasteiger partial charge in [0.05, 0.1) is 0 Å². The van der Waals surface area contributed by atoms with Gasteiger partial charge in [0.25, 0.3) is 0 Å². The first-order valence-corrected chi connectivity index (χ1v) is 22.4. The van der Waals surface area contributed by atoms with E-state index in [4.69, 9.17) is 0 Å². The molecule has 0 radical (unpaired) electrons. The van der Waals surface area contributed by atoms with Crippen molar-refractivity contribution in [3.05, 3.63) is 145 Å². The van der Waals surface area contributed by atoms with E-state index in [-0.39, 0.29) is 41.7 Å². The molecule has 0 amide bonds. The van der Waals surface area contributed by atoms with Crippen LogP contribution in [0.2, 0.25) is 0 Å². The van der Waals surface area contributed by atoms with E-state index < -0.39 is 0 Å². The van der Waals surface area contributed by atoms with Crippen LogP contribution in [0.1, 0.15) is 66.5 Å². The van der Waals surface area contributed by atoms with Gasteiger partial charge in [-0.15, -0.1) is 80.7 Å². The molecule has 0 aliphatic carbocycles. The Morgan fingerprint density at radius 2 is 0.706 bits per heavy atom. The molecule has 0 aromatic heterocycles. The van der Waals surface area contributed by atoms with Crippen LogP contribution in [0.3, 0.4) is 0 Å². The molecule has 6 aromatic carbocycles. The number of benzene rings is 4. The SMILES string of the molecule is CC(C)CP(CC(C)C)c1cc2ccccc2[cH-]1.CC(C)CP(CC(C)C)c1cc2ccccc2[cH-]1.[Hf].c1ccc(CCc2ccccc2)cc1. The van der Waals surface area contributed by atoms with Gasteiger partial charge in [-0.3, -0.25) is 0 Å². The monoisotopic (exact) mass is 880 g/mol. The Hall–Kier alpha value is -2.17. The minimum absolute atomic E-state index is 0. The van der Waals surface area contributed by atoms with E-state index >= 15 is 0 Å². The third-order valence-corrected chi connectivity index (χ3v) is 15.3. The molecule has 0 heterocycles. The van der Waals surface area contributed by atoms with Crippen LogP contribution in [0.5, 0.6) is 0 Å². The van der Waals surface area contributed by atoms with E-state index in [9.17, 15) is 0 Å². The normalized spacial score (nSPS) is 11.3. The van der Waals surface area contributed by atoms with Crippen molar-refractivity contribution in [2.75, 3.05) is 24.6 Å². The smallest absolute Gasteiger partial charge is 0 e. The van der Waals surface area contributed by atoms with Gasteiger partial charge in [0.1, 0.15) is 0 Å². The zero-order valence-electron chi connectivity index (χ0n) is 32.6. The van der Waals surface area contributed by atoms with Gasteiger partial charge in [0, 0.05) is 25.8 Å². The van der Waals surface area contributed by atoms with Gasteiger partial charge >= 0.3 is 0 Å². The topological polar surface area (TPSA) is 0 Å². The summed E-state index contributed by atoms with van der Waals surface area (Å²) < 4.78 is 0. The fourth-order valence-electron chi connectivity index (χ4n) is 6.55. The maximum atomic E-state index is 2.42. The van der Waals surface area contributed by atoms with Crippen LogP contribution in [0, 0.1) is 23.7 Å². The summed E-state index contributed by atoms with van der Waals surface area (Å²) in [6.07, 6.45) is 7.72. The Balaban J connectivity index is 0.000000206. The molecule has 0 aliphatic heterocycles. The van der Waals surface area contributed by atoms with Crippen LogP contribution in [-0.2, 0) is 38.7 Å². The molecule has 0 aliphatic rings. The Bertz CT molecular complexity index is 1560. The molecular formula is C48H62HfP2-2. The number of aryl methyl sites for hydroxylation is 2. The van der Waals surface area contributed by atoms with Crippen LogP contribution in [-0.4, -0.2) is 24.6 Å². The van der Waals surface area contributed by atoms with Crippen molar-refractivity contribution < 1.29 is 25.8 Å². The molecule has 6 aromatic rings. The molecule has 0 unspecified atom stereocenters. The summed E-state index contributed by atoms with van der Waals surface area (Å²) in [5.74, 6) is 3.20. The maximum Gasteiger partial charge on any atom is 0 e. The van der Waals surface area contributed by atoms with Crippen molar-refractivity contribution >= 4 is 48.0 Å². The van der Waals surface area contributed by atoms with Crippen molar-refractivity contribution in [3.8, 4) is 0 Å². The van der Waals surface area contributed by atoms with Crippen LogP contribution >= 0.6 is 15.8 Å². The summed E-state index contributed by atoms with van der Waals surface area (Å²) in [6, 6.07) is 48.4. The molecule has 51 heavy (non-hydrogen) atoms. The van der Waals surface area contributed by atoms with E-state index in [1.807, 2.05) is 0 Å². The first kappa shape index (κ1) is 43.2. The van der Waals surface area contributed by atoms with Crippen molar-refractivity contribution in [3.63, 3.8) is 0 Å². The number of hydrogen-bond acceptors (Lipinski definition) is 0. The Labute approximate surface area is 332 Å². The Kier molecular flexibility index (Phi) is 19.3. The van der Waals surface area contributed by atoms with E-state index in [0.29, 0.717) is 0 Å². The minimum Gasteiger partial charge on any atom is -0.161 e. The second kappa shape index (κ2) is 22.8. The molecule has 0 saturated carbocycles. The average molecular weight is 879 g/mol. The van der Waals surface area contributed by atoms with Crippen LogP contribution in [0.4, 0.5) is 0 Å². The molecule has 0 spiro atoms. The fraction of sp³-hybridized carbons (Fsp3) is 0.375. The molecule has 0 bridgehead atoms. The minimum atomic E-state index is 0. The Morgan fingerprint density at radius 3 is 1.00 bits per heavy atom. The second-order valence-electron chi connectivity index (χ2n) is 15.5. The second-order valence-corrected chi connectivity index (χ2v) is 20.2. The van der Waals surface area contributed by atoms with Gasteiger partial charge in [-0.1, -0.05) is 144 Å². The maximum absolute atomic E-state index is 2.42. The standard InChI is InChI=1S/2C17H24P.C14H14.Hf/c2*1-13(2)11-18(12-14(3)4)17-9-15-7-5-6-8-16(15)10-17;1-3-7-13(8-4-1)11-12-14-9-5-2-6-10-14;/h2*5-10,13-14H,11-12H2,1-4H3;1-10H,11-12H2;/q2*-1;;. The van der Waals surface area contributed by atoms with E-state index in [1.165, 1.54) is 57.3 Å². The van der Waals surface area contributed by atoms with Gasteiger partial charge in [-0.2, -0.15) is 12.1 Å². The Morgan fingerprint density at radius 1 is 0.412 bits per heavy atom. The van der Waals surface area contributed by atoms with Crippen molar-refractivity contribution in [2.24, 2.45) is 23.7 Å². The molecule has 6 rings (SSSR count). The first-order valence-electron chi connectivity index (χ1n) is 19.0. The van der Waals surface area contributed by atoms with Crippen molar-refractivity contribution in [1.82, 2.24) is 0 Å². The largest absolute Gasteiger partial charge is 0.161 e. The number of hydrogen-bond donors (Lipinski definition) is 0. The van der Waals surface area contributed by atoms with E-state index in [0.717, 1.165) is 36.5 Å². The van der Waals surface area contributed by atoms with Crippen molar-refractivity contribution in [2.45, 2.75) is 68.2 Å². The molecule has 0 saturated heterocycles. The third-order valence-electron chi connectivity index (χ3n) is 8.67. The summed E-state index contributed by atoms with van der Waals surface area (Å²) in [5.41, 5.74) is 2.83. The zero-order chi connectivity index (χ0) is 35.9.